The Morgan fingerprint density at radius 1 is 1.31 bits per heavy atom. The Morgan fingerprint density at radius 2 is 1.81 bits per heavy atom. The monoisotopic (exact) mass is 230 g/mol. The lowest BCUT2D eigenvalue weighted by atomic mass is 10.0. The Labute approximate surface area is 96.9 Å². The van der Waals surface area contributed by atoms with Crippen LogP contribution in [0.5, 0.6) is 0 Å². The van der Waals surface area contributed by atoms with Gasteiger partial charge in [-0.05, 0) is 32.6 Å². The normalized spacial score (nSPS) is 32.7. The zero-order valence-electron chi connectivity index (χ0n) is 10.5. The van der Waals surface area contributed by atoms with E-state index < -0.39 is 12.1 Å². The molecular formula is C12H22O4. The molecule has 0 aromatic heterocycles. The van der Waals surface area contributed by atoms with Gasteiger partial charge in [0.1, 0.15) is 0 Å². The number of carboxylic acid groups (broad SMARTS) is 1. The van der Waals surface area contributed by atoms with Crippen LogP contribution in [-0.2, 0) is 14.3 Å². The Hall–Kier alpha value is -0.610. The molecule has 4 heteroatoms. The standard InChI is InChI=1S/C12H22O4/c1-7(2)11(12(13)14)16-10-5-8(3)15-9(4)6-10/h7-11H,5-6H2,1-4H3,(H,13,14). The van der Waals surface area contributed by atoms with Gasteiger partial charge >= 0.3 is 5.97 Å². The molecule has 1 heterocycles. The average molecular weight is 230 g/mol. The number of hydrogen-bond donors (Lipinski definition) is 1. The van der Waals surface area contributed by atoms with Gasteiger partial charge in [0.05, 0.1) is 18.3 Å². The predicted octanol–water partition coefficient (Wildman–Crippen LogP) is 2.07. The minimum atomic E-state index is -0.873. The van der Waals surface area contributed by atoms with Gasteiger partial charge in [-0.3, -0.25) is 0 Å². The van der Waals surface area contributed by atoms with Crippen LogP contribution in [-0.4, -0.2) is 35.5 Å². The van der Waals surface area contributed by atoms with Crippen LogP contribution in [0.15, 0.2) is 0 Å². The van der Waals surface area contributed by atoms with Gasteiger partial charge in [-0.25, -0.2) is 4.79 Å². The van der Waals surface area contributed by atoms with Gasteiger partial charge in [-0.2, -0.15) is 0 Å². The van der Waals surface area contributed by atoms with E-state index in [-0.39, 0.29) is 24.2 Å². The maximum Gasteiger partial charge on any atom is 0.333 e. The molecule has 0 amide bonds. The van der Waals surface area contributed by atoms with Crippen molar-refractivity contribution in [1.82, 2.24) is 0 Å². The van der Waals surface area contributed by atoms with Crippen molar-refractivity contribution in [1.29, 1.82) is 0 Å². The van der Waals surface area contributed by atoms with Gasteiger partial charge in [0, 0.05) is 0 Å². The van der Waals surface area contributed by atoms with Gasteiger partial charge in [-0.1, -0.05) is 13.8 Å². The second-order valence-corrected chi connectivity index (χ2v) is 4.99. The van der Waals surface area contributed by atoms with Crippen LogP contribution in [0.3, 0.4) is 0 Å². The fourth-order valence-corrected chi connectivity index (χ4v) is 2.16. The van der Waals surface area contributed by atoms with E-state index in [1.807, 2.05) is 27.7 Å². The zero-order valence-corrected chi connectivity index (χ0v) is 10.5. The predicted molar refractivity (Wildman–Crippen MR) is 60.4 cm³/mol. The average Bonchev–Trinajstić information content (AvgIpc) is 2.11. The van der Waals surface area contributed by atoms with E-state index in [0.29, 0.717) is 0 Å². The van der Waals surface area contributed by atoms with Gasteiger partial charge in [-0.15, -0.1) is 0 Å². The Kier molecular flexibility index (Phi) is 4.74. The fraction of sp³-hybridized carbons (Fsp3) is 0.917. The lowest BCUT2D eigenvalue weighted by Gasteiger charge is -2.34. The Balaban J connectivity index is 2.54. The van der Waals surface area contributed by atoms with Gasteiger partial charge < -0.3 is 14.6 Å². The molecule has 1 rings (SSSR count). The molecule has 0 saturated carbocycles. The molecular weight excluding hydrogens is 208 g/mol. The molecule has 4 nitrogen and oxygen atoms in total. The van der Waals surface area contributed by atoms with Crippen molar-refractivity contribution in [3.05, 3.63) is 0 Å². The van der Waals surface area contributed by atoms with Crippen molar-refractivity contribution in [3.8, 4) is 0 Å². The Morgan fingerprint density at radius 3 is 2.19 bits per heavy atom. The van der Waals surface area contributed by atoms with E-state index in [9.17, 15) is 4.79 Å². The molecule has 0 aromatic rings. The van der Waals surface area contributed by atoms with Gasteiger partial charge in [0.25, 0.3) is 0 Å². The van der Waals surface area contributed by atoms with Crippen LogP contribution in [0, 0.1) is 5.92 Å². The van der Waals surface area contributed by atoms with Crippen molar-refractivity contribution < 1.29 is 19.4 Å². The third-order valence-electron chi connectivity index (χ3n) is 2.84. The van der Waals surface area contributed by atoms with Crippen molar-refractivity contribution >= 4 is 5.97 Å². The minimum absolute atomic E-state index is 0.00208. The summed E-state index contributed by atoms with van der Waals surface area (Å²) in [5, 5.41) is 9.05. The van der Waals surface area contributed by atoms with E-state index >= 15 is 0 Å². The molecule has 1 aliphatic rings. The highest BCUT2D eigenvalue weighted by molar-refractivity contribution is 5.72. The maximum absolute atomic E-state index is 11.0. The van der Waals surface area contributed by atoms with Crippen LogP contribution < -0.4 is 0 Å². The maximum atomic E-state index is 11.0. The molecule has 1 saturated heterocycles. The van der Waals surface area contributed by atoms with Gasteiger partial charge in [0.2, 0.25) is 0 Å². The first-order valence-corrected chi connectivity index (χ1v) is 5.93. The smallest absolute Gasteiger partial charge is 0.333 e. The minimum Gasteiger partial charge on any atom is -0.479 e. The highest BCUT2D eigenvalue weighted by Crippen LogP contribution is 2.24. The van der Waals surface area contributed by atoms with Crippen LogP contribution in [0.4, 0.5) is 0 Å². The van der Waals surface area contributed by atoms with Crippen molar-refractivity contribution in [2.75, 3.05) is 0 Å². The summed E-state index contributed by atoms with van der Waals surface area (Å²) in [6.45, 7) is 7.73. The summed E-state index contributed by atoms with van der Waals surface area (Å²) >= 11 is 0. The molecule has 0 spiro atoms. The lowest BCUT2D eigenvalue weighted by Crippen LogP contribution is -2.40. The first kappa shape index (κ1) is 13.5. The quantitative estimate of drug-likeness (QED) is 0.803. The lowest BCUT2D eigenvalue weighted by molar-refractivity contribution is -0.169. The summed E-state index contributed by atoms with van der Waals surface area (Å²) in [4.78, 5) is 11.0. The van der Waals surface area contributed by atoms with Crippen molar-refractivity contribution in [2.45, 2.75) is 65.0 Å². The van der Waals surface area contributed by atoms with E-state index in [1.165, 1.54) is 0 Å². The van der Waals surface area contributed by atoms with Crippen molar-refractivity contribution in [2.24, 2.45) is 5.92 Å². The first-order valence-electron chi connectivity index (χ1n) is 5.93. The molecule has 3 unspecified atom stereocenters. The summed E-state index contributed by atoms with van der Waals surface area (Å²) in [6, 6.07) is 0. The van der Waals surface area contributed by atoms with Crippen LogP contribution >= 0.6 is 0 Å². The number of aliphatic carboxylic acids is 1. The molecule has 94 valence electrons. The fourth-order valence-electron chi connectivity index (χ4n) is 2.16. The topological polar surface area (TPSA) is 55.8 Å². The SMILES string of the molecule is CC1CC(OC(C(=O)O)C(C)C)CC(C)O1. The molecule has 3 atom stereocenters. The van der Waals surface area contributed by atoms with Gasteiger partial charge in [0.15, 0.2) is 6.10 Å². The van der Waals surface area contributed by atoms with E-state index in [0.717, 1.165) is 12.8 Å². The third-order valence-corrected chi connectivity index (χ3v) is 2.84. The molecule has 1 N–H and O–H groups in total. The summed E-state index contributed by atoms with van der Waals surface area (Å²) in [5.74, 6) is -0.882. The van der Waals surface area contributed by atoms with E-state index in [4.69, 9.17) is 14.6 Å². The van der Waals surface area contributed by atoms with E-state index in [1.54, 1.807) is 0 Å². The molecule has 0 aromatic carbocycles. The zero-order chi connectivity index (χ0) is 12.3. The van der Waals surface area contributed by atoms with Crippen molar-refractivity contribution in [3.63, 3.8) is 0 Å². The molecule has 16 heavy (non-hydrogen) atoms. The highest BCUT2D eigenvalue weighted by Gasteiger charge is 2.31. The van der Waals surface area contributed by atoms with Crippen LogP contribution in [0.2, 0.25) is 0 Å². The second kappa shape index (κ2) is 5.64. The summed E-state index contributed by atoms with van der Waals surface area (Å²) in [5.41, 5.74) is 0. The number of rotatable bonds is 4. The first-order chi connectivity index (χ1) is 7.40. The largest absolute Gasteiger partial charge is 0.479 e. The summed E-state index contributed by atoms with van der Waals surface area (Å²) in [6.07, 6.45) is 1.15. The summed E-state index contributed by atoms with van der Waals surface area (Å²) < 4.78 is 11.3. The molecule has 1 aliphatic heterocycles. The van der Waals surface area contributed by atoms with E-state index in [2.05, 4.69) is 0 Å². The second-order valence-electron chi connectivity index (χ2n) is 4.99. The van der Waals surface area contributed by atoms with Crippen LogP contribution in [0.1, 0.15) is 40.5 Å². The van der Waals surface area contributed by atoms with Crippen LogP contribution in [0.25, 0.3) is 0 Å². The highest BCUT2D eigenvalue weighted by atomic mass is 16.5. The number of carboxylic acids is 1. The molecule has 1 fully saturated rings. The molecule has 0 radical (unpaired) electrons. The third kappa shape index (κ3) is 3.76. The number of hydrogen-bond acceptors (Lipinski definition) is 3. The number of carbonyl (C=O) groups is 1. The molecule has 0 bridgehead atoms. The number of ether oxygens (including phenoxy) is 2. The Bertz CT molecular complexity index is 229. The summed E-state index contributed by atoms with van der Waals surface area (Å²) in [7, 11) is 0. The molecule has 0 aliphatic carbocycles.